The number of carboxylic acid groups (broad SMARTS) is 1. The van der Waals surface area contributed by atoms with Gasteiger partial charge in [-0.1, -0.05) is 18.2 Å². The topological polar surface area (TPSA) is 63.6 Å². The Morgan fingerprint density at radius 2 is 2.21 bits per heavy atom. The highest BCUT2D eigenvalue weighted by Crippen LogP contribution is 2.34. The Morgan fingerprint density at radius 3 is 2.89 bits per heavy atom. The zero-order chi connectivity index (χ0) is 14.0. The van der Waals surface area contributed by atoms with E-state index in [4.69, 9.17) is 9.84 Å². The molecule has 2 aliphatic rings. The van der Waals surface area contributed by atoms with E-state index in [9.17, 15) is 9.59 Å². The summed E-state index contributed by atoms with van der Waals surface area (Å²) in [4.78, 5) is 22.7. The highest BCUT2D eigenvalue weighted by atomic mass is 16.5. The third-order valence-corrected chi connectivity index (χ3v) is 3.73. The minimum Gasteiger partial charge on any atom is -0.478 e. The van der Waals surface area contributed by atoms with E-state index in [0.717, 1.165) is 12.0 Å². The molecule has 0 bridgehead atoms. The first kappa shape index (κ1) is 13.6. The smallest absolute Gasteiger partial charge is 0.334 e. The number of ether oxygens (including phenoxy) is 1. The van der Waals surface area contributed by atoms with Crippen molar-refractivity contribution < 1.29 is 19.4 Å². The van der Waals surface area contributed by atoms with Gasteiger partial charge in [-0.05, 0) is 38.7 Å². The number of carbonyl (C=O) groups is 2. The van der Waals surface area contributed by atoms with Crippen molar-refractivity contribution in [3.63, 3.8) is 0 Å². The van der Waals surface area contributed by atoms with Crippen molar-refractivity contribution in [1.82, 2.24) is 0 Å². The van der Waals surface area contributed by atoms with Crippen LogP contribution in [-0.4, -0.2) is 23.1 Å². The first-order valence-corrected chi connectivity index (χ1v) is 6.48. The largest absolute Gasteiger partial charge is 0.478 e. The zero-order valence-electron chi connectivity index (χ0n) is 11.0. The third kappa shape index (κ3) is 2.95. The average molecular weight is 262 g/mol. The number of carbonyl (C=O) groups excluding carboxylic acids is 1. The Hall–Kier alpha value is -1.84. The molecule has 1 aliphatic carbocycles. The van der Waals surface area contributed by atoms with Gasteiger partial charge in [0, 0.05) is 17.1 Å². The molecule has 0 aromatic rings. The van der Waals surface area contributed by atoms with E-state index in [1.807, 2.05) is 13.0 Å². The van der Waals surface area contributed by atoms with Crippen molar-refractivity contribution in [3.05, 3.63) is 35.5 Å². The molecule has 0 aromatic heterocycles. The Morgan fingerprint density at radius 1 is 1.47 bits per heavy atom. The summed E-state index contributed by atoms with van der Waals surface area (Å²) < 4.78 is 5.29. The third-order valence-electron chi connectivity index (χ3n) is 3.73. The minimum atomic E-state index is -0.880. The molecule has 0 spiro atoms. The average Bonchev–Trinajstić information content (AvgIpc) is 2.60. The van der Waals surface area contributed by atoms with Gasteiger partial charge in [-0.25, -0.2) is 9.59 Å². The van der Waals surface area contributed by atoms with Gasteiger partial charge in [-0.2, -0.15) is 0 Å². The minimum absolute atomic E-state index is 0.108. The van der Waals surface area contributed by atoms with Crippen molar-refractivity contribution in [2.24, 2.45) is 5.92 Å². The number of carboxylic acids is 1. The Balaban J connectivity index is 2.26. The number of esters is 1. The fourth-order valence-electron chi connectivity index (χ4n) is 2.56. The number of allylic oxidation sites excluding steroid dienone is 2. The van der Waals surface area contributed by atoms with Crippen LogP contribution in [0, 0.1) is 5.92 Å². The molecule has 1 fully saturated rings. The molecular weight excluding hydrogens is 244 g/mol. The van der Waals surface area contributed by atoms with Crippen molar-refractivity contribution in [2.75, 3.05) is 0 Å². The number of hydrogen-bond acceptors (Lipinski definition) is 3. The van der Waals surface area contributed by atoms with E-state index in [2.05, 4.69) is 6.58 Å². The molecule has 0 saturated carbocycles. The van der Waals surface area contributed by atoms with Crippen LogP contribution in [-0.2, 0) is 14.3 Å². The second-order valence-corrected chi connectivity index (χ2v) is 5.13. The lowest BCUT2D eigenvalue weighted by Crippen LogP contribution is -2.16. The molecule has 19 heavy (non-hydrogen) atoms. The van der Waals surface area contributed by atoms with Gasteiger partial charge in [0.05, 0.1) is 0 Å². The van der Waals surface area contributed by atoms with Gasteiger partial charge >= 0.3 is 11.9 Å². The number of rotatable bonds is 1. The van der Waals surface area contributed by atoms with E-state index < -0.39 is 5.97 Å². The summed E-state index contributed by atoms with van der Waals surface area (Å²) in [5, 5.41) is 9.14. The molecule has 1 aliphatic heterocycles. The van der Waals surface area contributed by atoms with Crippen LogP contribution in [0.15, 0.2) is 35.5 Å². The fraction of sp³-hybridized carbons (Fsp3) is 0.467. The van der Waals surface area contributed by atoms with Crippen molar-refractivity contribution in [1.29, 1.82) is 0 Å². The molecule has 1 N–H and O–H groups in total. The molecule has 0 amide bonds. The van der Waals surface area contributed by atoms with Crippen LogP contribution in [0.4, 0.5) is 0 Å². The van der Waals surface area contributed by atoms with E-state index in [-0.39, 0.29) is 18.0 Å². The molecule has 0 radical (unpaired) electrons. The van der Waals surface area contributed by atoms with Gasteiger partial charge < -0.3 is 9.84 Å². The first-order valence-electron chi connectivity index (χ1n) is 6.48. The van der Waals surface area contributed by atoms with E-state index in [1.54, 1.807) is 6.08 Å². The number of hydrogen-bond donors (Lipinski definition) is 1. The highest BCUT2D eigenvalue weighted by molar-refractivity contribution is 5.91. The second kappa shape index (κ2) is 5.43. The van der Waals surface area contributed by atoms with Gasteiger partial charge in [0.2, 0.25) is 0 Å². The normalized spacial score (nSPS) is 33.5. The SMILES string of the molecule is C=C1C(=O)O[C@@H]2/C=C(/C)CC/C=C(/C(=O)O)CC[C@@H]12. The maximum absolute atomic E-state index is 11.6. The van der Waals surface area contributed by atoms with Crippen LogP contribution in [0.1, 0.15) is 32.6 Å². The molecule has 0 unspecified atom stereocenters. The Labute approximate surface area is 112 Å². The molecule has 2 rings (SSSR count). The monoisotopic (exact) mass is 262 g/mol. The first-order chi connectivity index (χ1) is 8.99. The summed E-state index contributed by atoms with van der Waals surface area (Å²) in [6.07, 6.45) is 5.98. The standard InChI is InChI=1S/C15H18O4/c1-9-4-3-5-11(14(16)17)6-7-12-10(2)15(18)19-13(12)8-9/h5,8,12-13H,2-4,6-7H2,1H3,(H,16,17)/b9-8-,11-5+/t12-,13+/m0/s1. The lowest BCUT2D eigenvalue weighted by atomic mass is 9.88. The number of fused-ring (bicyclic) bond motifs is 1. The lowest BCUT2D eigenvalue weighted by molar-refractivity contribution is -0.137. The summed E-state index contributed by atoms with van der Waals surface area (Å²) in [5.41, 5.74) is 1.99. The maximum atomic E-state index is 11.6. The predicted octanol–water partition coefficient (Wildman–Crippen LogP) is 2.62. The molecule has 1 heterocycles. The zero-order valence-corrected chi connectivity index (χ0v) is 11.0. The summed E-state index contributed by atoms with van der Waals surface area (Å²) >= 11 is 0. The Bertz CT molecular complexity index is 484. The summed E-state index contributed by atoms with van der Waals surface area (Å²) in [6, 6.07) is 0. The molecule has 4 heteroatoms. The quantitative estimate of drug-likeness (QED) is 0.448. The van der Waals surface area contributed by atoms with Crippen LogP contribution in [0.25, 0.3) is 0 Å². The summed E-state index contributed by atoms with van der Waals surface area (Å²) in [7, 11) is 0. The van der Waals surface area contributed by atoms with Gasteiger partial charge in [0.25, 0.3) is 0 Å². The van der Waals surface area contributed by atoms with E-state index in [0.29, 0.717) is 30.4 Å². The fourth-order valence-corrected chi connectivity index (χ4v) is 2.56. The number of aliphatic carboxylic acids is 1. The molecule has 102 valence electrons. The molecule has 2 atom stereocenters. The van der Waals surface area contributed by atoms with Gasteiger partial charge in [-0.15, -0.1) is 0 Å². The predicted molar refractivity (Wildman–Crippen MR) is 70.5 cm³/mol. The summed E-state index contributed by atoms with van der Waals surface area (Å²) in [6.45, 7) is 5.74. The molecule has 0 aromatic carbocycles. The molecule has 4 nitrogen and oxygen atoms in total. The van der Waals surface area contributed by atoms with E-state index >= 15 is 0 Å². The summed E-state index contributed by atoms with van der Waals surface area (Å²) in [5.74, 6) is -1.35. The van der Waals surface area contributed by atoms with E-state index in [1.165, 1.54) is 0 Å². The highest BCUT2D eigenvalue weighted by Gasteiger charge is 2.37. The van der Waals surface area contributed by atoms with Crippen molar-refractivity contribution in [2.45, 2.75) is 38.7 Å². The van der Waals surface area contributed by atoms with Crippen LogP contribution in [0.2, 0.25) is 0 Å². The van der Waals surface area contributed by atoms with Crippen LogP contribution in [0.5, 0.6) is 0 Å². The van der Waals surface area contributed by atoms with Crippen LogP contribution in [0.3, 0.4) is 0 Å². The van der Waals surface area contributed by atoms with Gasteiger partial charge in [-0.3, -0.25) is 0 Å². The molecular formula is C15H18O4. The van der Waals surface area contributed by atoms with Crippen molar-refractivity contribution in [3.8, 4) is 0 Å². The Kier molecular flexibility index (Phi) is 3.88. The van der Waals surface area contributed by atoms with Crippen LogP contribution < -0.4 is 0 Å². The van der Waals surface area contributed by atoms with Crippen molar-refractivity contribution >= 4 is 11.9 Å². The van der Waals surface area contributed by atoms with Crippen LogP contribution >= 0.6 is 0 Å². The molecule has 1 saturated heterocycles. The lowest BCUT2D eigenvalue weighted by Gasteiger charge is -2.17. The maximum Gasteiger partial charge on any atom is 0.334 e. The second-order valence-electron chi connectivity index (χ2n) is 5.13. The van der Waals surface area contributed by atoms with Gasteiger partial charge in [0.15, 0.2) is 0 Å². The van der Waals surface area contributed by atoms with Gasteiger partial charge in [0.1, 0.15) is 6.10 Å².